The predicted octanol–water partition coefficient (Wildman–Crippen LogP) is 3.61. The van der Waals surface area contributed by atoms with Crippen LogP contribution in [0.3, 0.4) is 0 Å². The van der Waals surface area contributed by atoms with E-state index in [1.165, 1.54) is 24.3 Å². The zero-order valence-electron chi connectivity index (χ0n) is 11.3. The molecule has 1 N–H and O–H groups in total. The summed E-state index contributed by atoms with van der Waals surface area (Å²) >= 11 is 7.70. The Morgan fingerprint density at radius 1 is 1.50 bits per heavy atom. The summed E-state index contributed by atoms with van der Waals surface area (Å²) in [5.41, 5.74) is 0. The van der Waals surface area contributed by atoms with E-state index in [1.54, 1.807) is 11.3 Å². The Labute approximate surface area is 119 Å². The zero-order valence-corrected chi connectivity index (χ0v) is 12.9. The van der Waals surface area contributed by atoms with Crippen molar-refractivity contribution in [3.05, 3.63) is 21.3 Å². The fraction of sp³-hybridized carbons (Fsp3) is 0.714. The van der Waals surface area contributed by atoms with Crippen LogP contribution in [0, 0.1) is 5.92 Å². The molecule has 1 aromatic heterocycles. The number of nitrogens with one attached hydrogen (secondary N) is 1. The molecule has 0 aromatic carbocycles. The van der Waals surface area contributed by atoms with Crippen molar-refractivity contribution >= 4 is 22.9 Å². The molecule has 0 saturated carbocycles. The van der Waals surface area contributed by atoms with Gasteiger partial charge in [-0.05, 0) is 44.0 Å². The van der Waals surface area contributed by atoms with Crippen LogP contribution in [0.4, 0.5) is 0 Å². The molecule has 0 bridgehead atoms. The lowest BCUT2D eigenvalue weighted by molar-refractivity contribution is 0.249. The van der Waals surface area contributed by atoms with Crippen molar-refractivity contribution in [3.63, 3.8) is 0 Å². The first-order valence-corrected chi connectivity index (χ1v) is 8.03. The highest BCUT2D eigenvalue weighted by Gasteiger charge is 2.18. The molecule has 2 heterocycles. The number of nitrogens with zero attached hydrogens (tertiary/aromatic N) is 1. The average molecular weight is 287 g/mol. The molecule has 1 atom stereocenters. The SMILES string of the molecule is CC(C)CC1CN(Cc2ccc(Cl)s2)CCCN1. The minimum Gasteiger partial charge on any atom is -0.313 e. The van der Waals surface area contributed by atoms with Crippen LogP contribution in [-0.4, -0.2) is 30.6 Å². The first kappa shape index (κ1) is 14.3. The van der Waals surface area contributed by atoms with Crippen molar-refractivity contribution in [3.8, 4) is 0 Å². The van der Waals surface area contributed by atoms with Crippen molar-refractivity contribution < 1.29 is 0 Å². The van der Waals surface area contributed by atoms with E-state index < -0.39 is 0 Å². The van der Waals surface area contributed by atoms with Crippen LogP contribution < -0.4 is 5.32 Å². The smallest absolute Gasteiger partial charge is 0.0931 e. The fourth-order valence-corrected chi connectivity index (χ4v) is 3.73. The van der Waals surface area contributed by atoms with E-state index in [0.717, 1.165) is 29.9 Å². The Kier molecular flexibility index (Phi) is 5.49. The summed E-state index contributed by atoms with van der Waals surface area (Å²) in [7, 11) is 0. The monoisotopic (exact) mass is 286 g/mol. The minimum atomic E-state index is 0.642. The quantitative estimate of drug-likeness (QED) is 0.910. The fourth-order valence-electron chi connectivity index (χ4n) is 2.60. The van der Waals surface area contributed by atoms with Crippen LogP contribution in [0.2, 0.25) is 4.34 Å². The highest BCUT2D eigenvalue weighted by molar-refractivity contribution is 7.16. The summed E-state index contributed by atoms with van der Waals surface area (Å²) in [5.74, 6) is 0.763. The van der Waals surface area contributed by atoms with Gasteiger partial charge in [0.2, 0.25) is 0 Å². The van der Waals surface area contributed by atoms with Crippen LogP contribution in [0.5, 0.6) is 0 Å². The van der Waals surface area contributed by atoms with Gasteiger partial charge in [-0.1, -0.05) is 25.4 Å². The van der Waals surface area contributed by atoms with Gasteiger partial charge in [0, 0.05) is 24.0 Å². The zero-order chi connectivity index (χ0) is 13.0. The van der Waals surface area contributed by atoms with E-state index in [9.17, 15) is 0 Å². The topological polar surface area (TPSA) is 15.3 Å². The predicted molar refractivity (Wildman–Crippen MR) is 80.5 cm³/mol. The van der Waals surface area contributed by atoms with E-state index >= 15 is 0 Å². The first-order valence-electron chi connectivity index (χ1n) is 6.83. The van der Waals surface area contributed by atoms with Gasteiger partial charge < -0.3 is 5.32 Å². The Hall–Kier alpha value is -0.0900. The van der Waals surface area contributed by atoms with Crippen molar-refractivity contribution in [2.45, 2.75) is 39.3 Å². The third-order valence-corrected chi connectivity index (χ3v) is 4.54. The van der Waals surface area contributed by atoms with Gasteiger partial charge in [-0.25, -0.2) is 0 Å². The average Bonchev–Trinajstić information content (AvgIpc) is 2.56. The van der Waals surface area contributed by atoms with Gasteiger partial charge in [-0.15, -0.1) is 11.3 Å². The maximum Gasteiger partial charge on any atom is 0.0931 e. The van der Waals surface area contributed by atoms with E-state index in [-0.39, 0.29) is 0 Å². The standard InChI is InChI=1S/C14H23ClN2S/c1-11(2)8-12-9-17(7-3-6-16-12)10-13-4-5-14(15)18-13/h4-5,11-12,16H,3,6-10H2,1-2H3. The molecular formula is C14H23ClN2S. The van der Waals surface area contributed by atoms with Crippen LogP contribution in [0.15, 0.2) is 12.1 Å². The van der Waals surface area contributed by atoms with E-state index in [4.69, 9.17) is 11.6 Å². The molecule has 0 aliphatic carbocycles. The van der Waals surface area contributed by atoms with Crippen LogP contribution >= 0.6 is 22.9 Å². The summed E-state index contributed by atoms with van der Waals surface area (Å²) in [4.78, 5) is 3.94. The number of thiophene rings is 1. The molecule has 4 heteroatoms. The second kappa shape index (κ2) is 6.90. The highest BCUT2D eigenvalue weighted by Crippen LogP contribution is 2.23. The summed E-state index contributed by atoms with van der Waals surface area (Å²) < 4.78 is 0.900. The lowest BCUT2D eigenvalue weighted by Crippen LogP contribution is -2.38. The molecule has 2 nitrogen and oxygen atoms in total. The third-order valence-electron chi connectivity index (χ3n) is 3.33. The van der Waals surface area contributed by atoms with Gasteiger partial charge >= 0.3 is 0 Å². The maximum absolute atomic E-state index is 6.00. The van der Waals surface area contributed by atoms with Gasteiger partial charge in [0.1, 0.15) is 0 Å². The van der Waals surface area contributed by atoms with E-state index in [1.807, 2.05) is 6.07 Å². The van der Waals surface area contributed by atoms with Crippen molar-refractivity contribution in [1.82, 2.24) is 10.2 Å². The van der Waals surface area contributed by atoms with Crippen LogP contribution in [0.1, 0.15) is 31.6 Å². The molecule has 0 radical (unpaired) electrons. The second-order valence-electron chi connectivity index (χ2n) is 5.58. The molecular weight excluding hydrogens is 264 g/mol. The Bertz CT molecular complexity index is 364. The molecule has 0 spiro atoms. The van der Waals surface area contributed by atoms with Gasteiger partial charge in [0.15, 0.2) is 0 Å². The second-order valence-corrected chi connectivity index (χ2v) is 7.37. The van der Waals surface area contributed by atoms with Gasteiger partial charge in [-0.3, -0.25) is 4.90 Å². The summed E-state index contributed by atoms with van der Waals surface area (Å²) in [6.45, 7) is 9.16. The molecule has 1 aliphatic heterocycles. The highest BCUT2D eigenvalue weighted by atomic mass is 35.5. The molecule has 18 heavy (non-hydrogen) atoms. The largest absolute Gasteiger partial charge is 0.313 e. The van der Waals surface area contributed by atoms with Crippen molar-refractivity contribution in [1.29, 1.82) is 0 Å². The minimum absolute atomic E-state index is 0.642. The molecule has 0 amide bonds. The number of rotatable bonds is 4. The van der Waals surface area contributed by atoms with Gasteiger partial charge in [0.25, 0.3) is 0 Å². The van der Waals surface area contributed by atoms with Crippen molar-refractivity contribution in [2.24, 2.45) is 5.92 Å². The number of halogens is 1. The van der Waals surface area contributed by atoms with E-state index in [2.05, 4.69) is 30.1 Å². The number of hydrogen-bond donors (Lipinski definition) is 1. The van der Waals surface area contributed by atoms with Gasteiger partial charge in [0.05, 0.1) is 4.34 Å². The summed E-state index contributed by atoms with van der Waals surface area (Å²) in [6.07, 6.45) is 2.51. The first-order chi connectivity index (χ1) is 8.63. The molecule has 102 valence electrons. The maximum atomic E-state index is 6.00. The normalized spacial score (nSPS) is 22.3. The van der Waals surface area contributed by atoms with Crippen LogP contribution in [-0.2, 0) is 6.54 Å². The lowest BCUT2D eigenvalue weighted by Gasteiger charge is -2.25. The lowest BCUT2D eigenvalue weighted by atomic mass is 10.0. The summed E-state index contributed by atoms with van der Waals surface area (Å²) in [6, 6.07) is 4.80. The molecule has 1 unspecified atom stereocenters. The number of hydrogen-bond acceptors (Lipinski definition) is 3. The Morgan fingerprint density at radius 2 is 2.33 bits per heavy atom. The Balaban J connectivity index is 1.90. The molecule has 1 fully saturated rings. The summed E-state index contributed by atoms with van der Waals surface area (Å²) in [5, 5.41) is 3.67. The molecule has 2 rings (SSSR count). The molecule has 1 aromatic rings. The third kappa shape index (κ3) is 4.54. The van der Waals surface area contributed by atoms with Gasteiger partial charge in [-0.2, -0.15) is 0 Å². The van der Waals surface area contributed by atoms with Crippen LogP contribution in [0.25, 0.3) is 0 Å². The molecule has 1 saturated heterocycles. The van der Waals surface area contributed by atoms with E-state index in [0.29, 0.717) is 6.04 Å². The Morgan fingerprint density at radius 3 is 3.00 bits per heavy atom. The van der Waals surface area contributed by atoms with Crippen molar-refractivity contribution in [2.75, 3.05) is 19.6 Å². The molecule has 1 aliphatic rings.